The van der Waals surface area contributed by atoms with E-state index in [-0.39, 0.29) is 12.1 Å². The molecule has 3 N–H and O–H groups in total. The minimum atomic E-state index is -1.65. The first kappa shape index (κ1) is 22.9. The molecule has 4 aromatic rings. The molecule has 4 aromatic heterocycles. The van der Waals surface area contributed by atoms with Crippen molar-refractivity contribution in [3.05, 3.63) is 60.3 Å². The van der Waals surface area contributed by atoms with E-state index in [9.17, 15) is 14.3 Å². The van der Waals surface area contributed by atoms with E-state index < -0.39 is 17.7 Å². The number of hydrogen-bond acceptors (Lipinski definition) is 7. The summed E-state index contributed by atoms with van der Waals surface area (Å²) in [7, 11) is 1.82. The van der Waals surface area contributed by atoms with Crippen LogP contribution in [0.4, 0.5) is 15.9 Å². The second kappa shape index (κ2) is 8.92. The number of rotatable bonds is 7. The summed E-state index contributed by atoms with van der Waals surface area (Å²) in [5.41, 5.74) is 1.33. The lowest BCUT2D eigenvalue weighted by Crippen LogP contribution is -2.42. The van der Waals surface area contributed by atoms with Gasteiger partial charge in [-0.1, -0.05) is 0 Å². The number of anilines is 2. The van der Waals surface area contributed by atoms with E-state index in [0.29, 0.717) is 28.5 Å². The molecule has 10 nitrogen and oxygen atoms in total. The van der Waals surface area contributed by atoms with Crippen LogP contribution in [0.3, 0.4) is 0 Å². The smallest absolute Gasteiger partial charge is 0.255 e. The Kier molecular flexibility index (Phi) is 6.00. The van der Waals surface area contributed by atoms with Crippen LogP contribution in [0.1, 0.15) is 29.8 Å². The number of nitrogens with zero attached hydrogens (tertiary/aromatic N) is 6. The SMILES string of the molecule is Cn1cnc(Nc2cc(-c3ccc4cc(C#N)cnn34)ncc2C(=O)NC[C@@H](F)C(C)(C)O)c1. The van der Waals surface area contributed by atoms with E-state index in [4.69, 9.17) is 5.26 Å². The van der Waals surface area contributed by atoms with E-state index >= 15 is 0 Å². The highest BCUT2D eigenvalue weighted by molar-refractivity contribution is 6.00. The monoisotopic (exact) mass is 462 g/mol. The zero-order valence-electron chi connectivity index (χ0n) is 18.8. The lowest BCUT2D eigenvalue weighted by molar-refractivity contribution is -0.00177. The van der Waals surface area contributed by atoms with Gasteiger partial charge in [-0.25, -0.2) is 13.9 Å². The number of nitrogens with one attached hydrogen (secondary N) is 2. The van der Waals surface area contributed by atoms with Crippen LogP contribution in [-0.2, 0) is 7.05 Å². The fraction of sp³-hybridized carbons (Fsp3) is 0.261. The molecular weight excluding hydrogens is 439 g/mol. The zero-order chi connectivity index (χ0) is 24.5. The second-order valence-electron chi connectivity index (χ2n) is 8.41. The molecule has 0 radical (unpaired) electrons. The number of carbonyl (C=O) groups is 1. The molecule has 11 heteroatoms. The lowest BCUT2D eigenvalue weighted by atomic mass is 10.0. The van der Waals surface area contributed by atoms with Crippen molar-refractivity contribution < 1.29 is 14.3 Å². The van der Waals surface area contributed by atoms with Crippen molar-refractivity contribution in [2.75, 3.05) is 11.9 Å². The van der Waals surface area contributed by atoms with Gasteiger partial charge in [-0.05, 0) is 38.1 Å². The predicted molar refractivity (Wildman–Crippen MR) is 123 cm³/mol. The molecular formula is C23H23FN8O2. The van der Waals surface area contributed by atoms with Crippen molar-refractivity contribution in [1.29, 1.82) is 5.26 Å². The van der Waals surface area contributed by atoms with Gasteiger partial charge in [0.2, 0.25) is 0 Å². The van der Waals surface area contributed by atoms with Crippen LogP contribution in [0.25, 0.3) is 16.9 Å². The predicted octanol–water partition coefficient (Wildman–Crippen LogP) is 2.58. The molecule has 0 saturated heterocycles. The molecule has 0 bridgehead atoms. The quantitative estimate of drug-likeness (QED) is 0.384. The van der Waals surface area contributed by atoms with Gasteiger partial charge in [-0.3, -0.25) is 9.78 Å². The third kappa shape index (κ3) is 4.72. The number of amides is 1. The highest BCUT2D eigenvalue weighted by atomic mass is 19.1. The topological polar surface area (TPSA) is 133 Å². The van der Waals surface area contributed by atoms with Crippen molar-refractivity contribution >= 4 is 22.9 Å². The molecule has 0 unspecified atom stereocenters. The van der Waals surface area contributed by atoms with Crippen molar-refractivity contribution in [3.8, 4) is 17.5 Å². The number of alkyl halides is 1. The minimum absolute atomic E-state index is 0.179. The maximum atomic E-state index is 14.1. The minimum Gasteiger partial charge on any atom is -0.387 e. The van der Waals surface area contributed by atoms with Gasteiger partial charge in [-0.15, -0.1) is 0 Å². The molecule has 0 aromatic carbocycles. The average Bonchev–Trinajstić information content (AvgIpc) is 3.41. The Balaban J connectivity index is 1.70. The highest BCUT2D eigenvalue weighted by Crippen LogP contribution is 2.27. The fourth-order valence-corrected chi connectivity index (χ4v) is 3.28. The van der Waals surface area contributed by atoms with Gasteiger partial charge < -0.3 is 20.3 Å². The Morgan fingerprint density at radius 1 is 1.29 bits per heavy atom. The normalized spacial score (nSPS) is 12.4. The first-order valence-electron chi connectivity index (χ1n) is 10.4. The maximum absolute atomic E-state index is 14.1. The van der Waals surface area contributed by atoms with E-state index in [1.807, 2.05) is 19.2 Å². The Labute approximate surface area is 194 Å². The molecule has 0 spiro atoms. The summed E-state index contributed by atoms with van der Waals surface area (Å²) < 4.78 is 17.5. The number of pyridine rings is 1. The number of aromatic nitrogens is 5. The molecule has 1 amide bonds. The van der Waals surface area contributed by atoms with E-state index in [1.54, 1.807) is 33.7 Å². The molecule has 4 rings (SSSR count). The fourth-order valence-electron chi connectivity index (χ4n) is 3.28. The van der Waals surface area contributed by atoms with Crippen molar-refractivity contribution in [2.24, 2.45) is 7.05 Å². The highest BCUT2D eigenvalue weighted by Gasteiger charge is 2.27. The number of carbonyl (C=O) groups excluding carboxylic acids is 1. The van der Waals surface area contributed by atoms with Crippen LogP contribution in [-0.4, -0.2) is 53.5 Å². The third-order valence-electron chi connectivity index (χ3n) is 5.22. The Morgan fingerprint density at radius 3 is 2.76 bits per heavy atom. The number of imidazole rings is 1. The van der Waals surface area contributed by atoms with Gasteiger partial charge in [0.1, 0.15) is 18.1 Å². The number of hydrogen-bond donors (Lipinski definition) is 3. The summed E-state index contributed by atoms with van der Waals surface area (Å²) in [6.45, 7) is 2.31. The second-order valence-corrected chi connectivity index (χ2v) is 8.41. The lowest BCUT2D eigenvalue weighted by Gasteiger charge is -2.22. The number of fused-ring (bicyclic) bond motifs is 1. The van der Waals surface area contributed by atoms with E-state index in [0.717, 1.165) is 5.52 Å². The first-order chi connectivity index (χ1) is 16.2. The summed E-state index contributed by atoms with van der Waals surface area (Å²) in [6, 6.07) is 9.07. The van der Waals surface area contributed by atoms with Crippen molar-refractivity contribution in [2.45, 2.75) is 25.6 Å². The zero-order valence-corrected chi connectivity index (χ0v) is 18.8. The van der Waals surface area contributed by atoms with E-state index in [2.05, 4.69) is 31.8 Å². The molecule has 4 heterocycles. The van der Waals surface area contributed by atoms with Gasteiger partial charge in [-0.2, -0.15) is 10.4 Å². The first-order valence-corrected chi connectivity index (χ1v) is 10.4. The number of nitriles is 1. The van der Waals surface area contributed by atoms with Gasteiger partial charge in [0.15, 0.2) is 0 Å². The Morgan fingerprint density at radius 2 is 2.09 bits per heavy atom. The molecule has 0 aliphatic carbocycles. The molecule has 0 fully saturated rings. The van der Waals surface area contributed by atoms with Crippen LogP contribution >= 0.6 is 0 Å². The van der Waals surface area contributed by atoms with Crippen LogP contribution in [0.2, 0.25) is 0 Å². The largest absolute Gasteiger partial charge is 0.387 e. The summed E-state index contributed by atoms with van der Waals surface area (Å²) in [5.74, 6) is -0.0495. The summed E-state index contributed by atoms with van der Waals surface area (Å²) >= 11 is 0. The van der Waals surface area contributed by atoms with Gasteiger partial charge in [0.05, 0.1) is 58.4 Å². The Hall–Kier alpha value is -4.30. The van der Waals surface area contributed by atoms with Gasteiger partial charge >= 0.3 is 0 Å². The van der Waals surface area contributed by atoms with Crippen molar-refractivity contribution in [1.82, 2.24) is 29.5 Å². The third-order valence-corrected chi connectivity index (χ3v) is 5.22. The van der Waals surface area contributed by atoms with Crippen LogP contribution in [0, 0.1) is 11.3 Å². The van der Waals surface area contributed by atoms with Crippen molar-refractivity contribution in [3.63, 3.8) is 0 Å². The summed E-state index contributed by atoms with van der Waals surface area (Å²) in [4.78, 5) is 21.5. The van der Waals surface area contributed by atoms with Crippen LogP contribution in [0.5, 0.6) is 0 Å². The van der Waals surface area contributed by atoms with Crippen LogP contribution < -0.4 is 10.6 Å². The number of halogens is 1. The molecule has 34 heavy (non-hydrogen) atoms. The molecule has 1 atom stereocenters. The van der Waals surface area contributed by atoms with Crippen LogP contribution in [0.15, 0.2) is 49.2 Å². The molecule has 0 aliphatic rings. The molecule has 174 valence electrons. The molecule has 0 saturated carbocycles. The Bertz CT molecular complexity index is 1400. The summed E-state index contributed by atoms with van der Waals surface area (Å²) in [6.07, 6.45) is 4.55. The summed E-state index contributed by atoms with van der Waals surface area (Å²) in [5, 5.41) is 28.8. The molecule has 0 aliphatic heterocycles. The maximum Gasteiger partial charge on any atom is 0.255 e. The number of aliphatic hydroxyl groups is 1. The standard InChI is InChI=1S/C23H23FN8O2/c1-23(2,34)20(24)11-27-22(33)16-10-26-18(7-17(16)30-21-12-31(3)13-28-21)19-5-4-15-6-14(8-25)9-29-32(15)19/h4-7,9-10,12-13,20,34H,11H2,1-3H3,(H,26,30)(H,27,33)/t20-/m1/s1. The van der Waals surface area contributed by atoms with E-state index in [1.165, 1.54) is 26.2 Å². The van der Waals surface area contributed by atoms with Gasteiger partial charge in [0.25, 0.3) is 5.91 Å². The number of aryl methyl sites for hydroxylation is 1. The average molecular weight is 462 g/mol. The van der Waals surface area contributed by atoms with Gasteiger partial charge in [0, 0.05) is 19.4 Å².